The minimum absolute atomic E-state index is 0.284. The van der Waals surface area contributed by atoms with Crippen LogP contribution in [0.1, 0.15) is 25.3 Å². The first kappa shape index (κ1) is 27.2. The van der Waals surface area contributed by atoms with Gasteiger partial charge in [0.1, 0.15) is 28.9 Å². The molecular weight excluding hydrogens is 520 g/mol. The minimum Gasteiger partial charge on any atom is -0.486 e. The number of anilines is 3. The van der Waals surface area contributed by atoms with Crippen LogP contribution in [0.25, 0.3) is 11.3 Å². The fourth-order valence-electron chi connectivity index (χ4n) is 5.54. The maximum atomic E-state index is 9.85. The Labute approximate surface area is 240 Å². The van der Waals surface area contributed by atoms with Crippen molar-refractivity contribution in [1.82, 2.24) is 25.2 Å². The van der Waals surface area contributed by atoms with E-state index in [0.717, 1.165) is 76.6 Å². The normalized spacial score (nSPS) is 19.2. The van der Waals surface area contributed by atoms with Crippen LogP contribution in [-0.4, -0.2) is 91.1 Å². The predicted molar refractivity (Wildman–Crippen MR) is 156 cm³/mol. The van der Waals surface area contributed by atoms with Crippen molar-refractivity contribution in [3.63, 3.8) is 0 Å². The van der Waals surface area contributed by atoms with E-state index in [-0.39, 0.29) is 5.60 Å². The van der Waals surface area contributed by atoms with E-state index < -0.39 is 0 Å². The molecule has 3 aromatic rings. The number of piperidine rings is 1. The fourth-order valence-corrected chi connectivity index (χ4v) is 5.54. The number of methoxy groups -OCH3 is 1. The minimum atomic E-state index is -0.284. The molecule has 3 aliphatic heterocycles. The zero-order valence-corrected chi connectivity index (χ0v) is 23.6. The second-order valence-corrected chi connectivity index (χ2v) is 11.0. The summed E-state index contributed by atoms with van der Waals surface area (Å²) in [5.41, 5.74) is 2.68. The Bertz CT molecular complexity index is 1410. The van der Waals surface area contributed by atoms with Gasteiger partial charge in [0, 0.05) is 37.9 Å². The van der Waals surface area contributed by atoms with Crippen molar-refractivity contribution in [1.29, 1.82) is 5.26 Å². The number of pyridine rings is 1. The zero-order valence-electron chi connectivity index (χ0n) is 23.6. The molecule has 2 N–H and O–H groups in total. The van der Waals surface area contributed by atoms with Crippen LogP contribution >= 0.6 is 0 Å². The lowest BCUT2D eigenvalue weighted by atomic mass is 9.94. The first-order valence-electron chi connectivity index (χ1n) is 14.2. The van der Waals surface area contributed by atoms with Gasteiger partial charge in [0.25, 0.3) is 0 Å². The third-order valence-corrected chi connectivity index (χ3v) is 8.13. The molecule has 11 nitrogen and oxygen atoms in total. The highest BCUT2D eigenvalue weighted by molar-refractivity contribution is 5.66. The molecule has 0 radical (unpaired) electrons. The number of piperazine rings is 1. The third kappa shape index (κ3) is 6.05. The summed E-state index contributed by atoms with van der Waals surface area (Å²) in [6, 6.07) is 14.2. The Morgan fingerprint density at radius 3 is 2.59 bits per heavy atom. The van der Waals surface area contributed by atoms with Crippen molar-refractivity contribution < 1.29 is 14.2 Å². The summed E-state index contributed by atoms with van der Waals surface area (Å²) >= 11 is 0. The Balaban J connectivity index is 1.15. The molecule has 0 saturated carbocycles. The molecule has 11 heteroatoms. The van der Waals surface area contributed by atoms with Gasteiger partial charge in [-0.25, -0.2) is 9.97 Å². The summed E-state index contributed by atoms with van der Waals surface area (Å²) in [5.74, 6) is 2.15. The number of ether oxygens (including phenoxy) is 3. The van der Waals surface area contributed by atoms with E-state index in [1.807, 2.05) is 36.4 Å². The highest BCUT2D eigenvalue weighted by Crippen LogP contribution is 2.33. The van der Waals surface area contributed by atoms with Gasteiger partial charge in [-0.1, -0.05) is 0 Å². The van der Waals surface area contributed by atoms with Gasteiger partial charge in [0.15, 0.2) is 0 Å². The molecule has 0 bridgehead atoms. The lowest BCUT2D eigenvalue weighted by Crippen LogP contribution is -2.56. The molecule has 0 spiro atoms. The monoisotopic (exact) mass is 556 g/mol. The number of rotatable bonds is 8. The van der Waals surface area contributed by atoms with E-state index in [2.05, 4.69) is 38.4 Å². The maximum absolute atomic E-state index is 9.85. The van der Waals surface area contributed by atoms with Gasteiger partial charge in [-0.05, 0) is 69.3 Å². The van der Waals surface area contributed by atoms with Crippen molar-refractivity contribution >= 4 is 17.5 Å². The largest absolute Gasteiger partial charge is 0.486 e. The molecule has 1 aromatic carbocycles. The molecule has 6 rings (SSSR count). The highest BCUT2D eigenvalue weighted by atomic mass is 16.5. The Kier molecular flexibility index (Phi) is 7.87. The lowest BCUT2D eigenvalue weighted by molar-refractivity contribution is -0.0660. The summed E-state index contributed by atoms with van der Waals surface area (Å²) in [4.78, 5) is 18.6. The van der Waals surface area contributed by atoms with Gasteiger partial charge in [-0.3, -0.25) is 4.90 Å². The summed E-state index contributed by atoms with van der Waals surface area (Å²) in [7, 11) is 1.64. The van der Waals surface area contributed by atoms with Gasteiger partial charge >= 0.3 is 0 Å². The SMILES string of the molecule is COc1nc(Nc2nccc(-c3ccc(OC4(C)CCNCC4)c(C#N)c3)n2)ccc1N1CCN(C2COC2)CC1. The first-order valence-corrected chi connectivity index (χ1v) is 14.2. The standard InChI is InChI=1S/C30H36N8O3/c1-30(8-11-32-12-9-30)41-26-5-3-21(17-22(26)18-31)24-7-10-33-29(34-24)36-27-6-4-25(28(35-27)39-2)38-15-13-37(14-16-38)23-19-40-20-23/h3-7,10,17,23,32H,8-9,11-16,19-20H2,1-2H3,(H,33,34,35,36). The molecule has 0 unspecified atom stereocenters. The van der Waals surface area contributed by atoms with Crippen LogP contribution in [0.4, 0.5) is 17.5 Å². The third-order valence-electron chi connectivity index (χ3n) is 8.13. The number of nitrogens with one attached hydrogen (secondary N) is 2. The summed E-state index contributed by atoms with van der Waals surface area (Å²) in [5, 5.41) is 16.4. The van der Waals surface area contributed by atoms with E-state index in [9.17, 15) is 5.26 Å². The van der Waals surface area contributed by atoms with E-state index >= 15 is 0 Å². The van der Waals surface area contributed by atoms with Crippen LogP contribution in [0.2, 0.25) is 0 Å². The molecule has 214 valence electrons. The van der Waals surface area contributed by atoms with Crippen molar-refractivity contribution in [3.8, 4) is 29.0 Å². The molecule has 0 atom stereocenters. The van der Waals surface area contributed by atoms with Crippen molar-refractivity contribution in [2.45, 2.75) is 31.4 Å². The van der Waals surface area contributed by atoms with Crippen molar-refractivity contribution in [3.05, 3.63) is 48.2 Å². The number of aromatic nitrogens is 3. The van der Waals surface area contributed by atoms with Crippen LogP contribution in [0.15, 0.2) is 42.6 Å². The Hall–Kier alpha value is -3.98. The molecule has 3 aliphatic rings. The predicted octanol–water partition coefficient (Wildman–Crippen LogP) is 3.20. The molecule has 0 aliphatic carbocycles. The van der Waals surface area contributed by atoms with Gasteiger partial charge in [-0.2, -0.15) is 10.2 Å². The number of nitriles is 1. The van der Waals surface area contributed by atoms with Gasteiger partial charge in [0.05, 0.1) is 37.6 Å². The van der Waals surface area contributed by atoms with E-state index in [4.69, 9.17) is 24.2 Å². The van der Waals surface area contributed by atoms with E-state index in [0.29, 0.717) is 40.7 Å². The molecule has 3 saturated heterocycles. The van der Waals surface area contributed by atoms with Crippen LogP contribution in [0, 0.1) is 11.3 Å². The number of nitrogens with zero attached hydrogens (tertiary/aromatic N) is 6. The Morgan fingerprint density at radius 2 is 1.88 bits per heavy atom. The average molecular weight is 557 g/mol. The fraction of sp³-hybridized carbons (Fsp3) is 0.467. The Morgan fingerprint density at radius 1 is 1.07 bits per heavy atom. The highest BCUT2D eigenvalue weighted by Gasteiger charge is 2.31. The lowest BCUT2D eigenvalue weighted by Gasteiger charge is -2.43. The van der Waals surface area contributed by atoms with Crippen LogP contribution in [0.3, 0.4) is 0 Å². The molecule has 3 fully saturated rings. The van der Waals surface area contributed by atoms with E-state index in [1.165, 1.54) is 0 Å². The topological polar surface area (TPSA) is 121 Å². The number of benzene rings is 1. The number of hydrogen-bond donors (Lipinski definition) is 2. The van der Waals surface area contributed by atoms with Crippen molar-refractivity contribution in [2.24, 2.45) is 0 Å². The quantitative estimate of drug-likeness (QED) is 0.425. The molecule has 41 heavy (non-hydrogen) atoms. The number of hydrogen-bond acceptors (Lipinski definition) is 11. The molecule has 5 heterocycles. The maximum Gasteiger partial charge on any atom is 0.239 e. The van der Waals surface area contributed by atoms with Gasteiger partial charge in [-0.15, -0.1) is 0 Å². The molecule has 0 amide bonds. The zero-order chi connectivity index (χ0) is 28.2. The van der Waals surface area contributed by atoms with Crippen LogP contribution in [-0.2, 0) is 4.74 Å². The molecular formula is C30H36N8O3. The summed E-state index contributed by atoms with van der Waals surface area (Å²) in [6.45, 7) is 9.41. The second-order valence-electron chi connectivity index (χ2n) is 11.0. The smallest absolute Gasteiger partial charge is 0.239 e. The van der Waals surface area contributed by atoms with Crippen molar-refractivity contribution in [2.75, 3.05) is 69.8 Å². The van der Waals surface area contributed by atoms with Crippen LogP contribution in [0.5, 0.6) is 11.6 Å². The summed E-state index contributed by atoms with van der Waals surface area (Å²) in [6.07, 6.45) is 3.48. The summed E-state index contributed by atoms with van der Waals surface area (Å²) < 4.78 is 17.3. The molecule has 2 aromatic heterocycles. The van der Waals surface area contributed by atoms with E-state index in [1.54, 1.807) is 13.3 Å². The first-order chi connectivity index (χ1) is 20.0. The average Bonchev–Trinajstić information content (AvgIpc) is 2.97. The van der Waals surface area contributed by atoms with Gasteiger partial charge < -0.3 is 29.7 Å². The van der Waals surface area contributed by atoms with Gasteiger partial charge in [0.2, 0.25) is 11.8 Å². The second kappa shape index (κ2) is 11.9. The van der Waals surface area contributed by atoms with Crippen LogP contribution < -0.4 is 25.0 Å².